The molecule has 2 aliphatic rings. The van der Waals surface area contributed by atoms with Crippen LogP contribution in [0.2, 0.25) is 5.02 Å². The number of hydrogen-bond donors (Lipinski definition) is 0. The van der Waals surface area contributed by atoms with Crippen LogP contribution in [0.15, 0.2) is 36.4 Å². The first-order valence-electron chi connectivity index (χ1n) is 10.1. The second kappa shape index (κ2) is 8.88. The number of carbonyl (C=O) groups excluding carboxylic acids is 2. The van der Waals surface area contributed by atoms with Crippen molar-refractivity contribution in [2.75, 3.05) is 39.3 Å². The summed E-state index contributed by atoms with van der Waals surface area (Å²) in [7, 11) is 0. The van der Waals surface area contributed by atoms with E-state index in [-0.39, 0.29) is 11.9 Å². The van der Waals surface area contributed by atoms with Crippen molar-refractivity contribution in [1.29, 1.82) is 0 Å². The zero-order valence-corrected chi connectivity index (χ0v) is 17.4. The highest BCUT2D eigenvalue weighted by molar-refractivity contribution is 6.30. The molecule has 5 nitrogen and oxygen atoms in total. The average molecular weight is 452 g/mol. The monoisotopic (exact) mass is 451 g/mol. The summed E-state index contributed by atoms with van der Waals surface area (Å²) in [5.74, 6) is -4.33. The van der Waals surface area contributed by atoms with Crippen molar-refractivity contribution in [3.8, 4) is 0 Å². The second-order valence-electron chi connectivity index (χ2n) is 7.77. The Morgan fingerprint density at radius 3 is 2.13 bits per heavy atom. The summed E-state index contributed by atoms with van der Waals surface area (Å²) < 4.78 is 40.6. The molecule has 0 unspecified atom stereocenters. The molecule has 2 aromatic carbocycles. The largest absolute Gasteiger partial charge is 0.337 e. The Balaban J connectivity index is 1.33. The number of nitrogens with zero attached hydrogens (tertiary/aromatic N) is 3. The van der Waals surface area contributed by atoms with Crippen molar-refractivity contribution >= 4 is 23.4 Å². The summed E-state index contributed by atoms with van der Waals surface area (Å²) in [6, 6.07) is 7.86. The van der Waals surface area contributed by atoms with Gasteiger partial charge in [-0.15, -0.1) is 0 Å². The van der Waals surface area contributed by atoms with Crippen LogP contribution >= 0.6 is 11.6 Å². The Bertz CT molecular complexity index is 994. The highest BCUT2D eigenvalue weighted by atomic mass is 35.5. The van der Waals surface area contributed by atoms with Gasteiger partial charge in [0.2, 0.25) is 0 Å². The van der Waals surface area contributed by atoms with Gasteiger partial charge in [0.1, 0.15) is 5.82 Å². The molecule has 2 aliphatic heterocycles. The molecule has 4 rings (SSSR count). The number of carbonyl (C=O) groups is 2. The molecular weight excluding hydrogens is 431 g/mol. The summed E-state index contributed by atoms with van der Waals surface area (Å²) in [5.41, 5.74) is 0.127. The van der Waals surface area contributed by atoms with E-state index in [1.807, 2.05) is 0 Å². The highest BCUT2D eigenvalue weighted by Crippen LogP contribution is 2.22. The molecular formula is C22H21ClF3N3O2. The van der Waals surface area contributed by atoms with E-state index in [0.29, 0.717) is 68.4 Å². The van der Waals surface area contributed by atoms with Crippen molar-refractivity contribution in [3.63, 3.8) is 0 Å². The van der Waals surface area contributed by atoms with Crippen molar-refractivity contribution in [2.24, 2.45) is 0 Å². The van der Waals surface area contributed by atoms with Crippen LogP contribution in [0.25, 0.3) is 0 Å². The lowest BCUT2D eigenvalue weighted by atomic mass is 10.1. The van der Waals surface area contributed by atoms with Gasteiger partial charge in [-0.25, -0.2) is 13.2 Å². The second-order valence-corrected chi connectivity index (χ2v) is 8.21. The van der Waals surface area contributed by atoms with Gasteiger partial charge in [0.05, 0.1) is 5.56 Å². The number of benzene rings is 2. The van der Waals surface area contributed by atoms with Crippen LogP contribution in [-0.2, 0) is 0 Å². The number of amides is 2. The van der Waals surface area contributed by atoms with E-state index >= 15 is 0 Å². The van der Waals surface area contributed by atoms with Gasteiger partial charge in [-0.05, 0) is 36.8 Å². The number of likely N-dealkylation sites (tertiary alicyclic amines) is 1. The number of hydrogen-bond acceptors (Lipinski definition) is 3. The summed E-state index contributed by atoms with van der Waals surface area (Å²) in [4.78, 5) is 30.7. The molecule has 2 saturated heterocycles. The Morgan fingerprint density at radius 2 is 1.45 bits per heavy atom. The van der Waals surface area contributed by atoms with Crippen LogP contribution in [0.1, 0.15) is 27.1 Å². The Labute approximate surface area is 183 Å². The molecule has 2 aromatic rings. The van der Waals surface area contributed by atoms with Crippen LogP contribution < -0.4 is 0 Å². The molecule has 0 N–H and O–H groups in total. The van der Waals surface area contributed by atoms with Crippen molar-refractivity contribution in [1.82, 2.24) is 14.7 Å². The molecule has 0 spiro atoms. The van der Waals surface area contributed by atoms with E-state index in [0.717, 1.165) is 0 Å². The van der Waals surface area contributed by atoms with E-state index in [4.69, 9.17) is 11.6 Å². The Hall–Kier alpha value is -2.58. The minimum absolute atomic E-state index is 0.0478. The van der Waals surface area contributed by atoms with Crippen LogP contribution in [-0.4, -0.2) is 71.8 Å². The molecule has 0 aliphatic carbocycles. The standard InChI is InChI=1S/C22H21ClF3N3O2/c23-15-3-1-14(2-4-15)21(30)28-9-7-27(8-10-28)16-5-6-29(13-16)22(31)17-11-19(25)20(26)12-18(17)24/h1-4,11-12,16H,5-10,13H2/t16-/m0/s1. The minimum Gasteiger partial charge on any atom is -0.337 e. The number of piperazine rings is 1. The summed E-state index contributed by atoms with van der Waals surface area (Å²) >= 11 is 5.87. The topological polar surface area (TPSA) is 43.9 Å². The Morgan fingerprint density at radius 1 is 0.806 bits per heavy atom. The van der Waals surface area contributed by atoms with Gasteiger partial charge in [0, 0.05) is 62.0 Å². The van der Waals surface area contributed by atoms with E-state index in [1.54, 1.807) is 29.2 Å². The predicted molar refractivity (Wildman–Crippen MR) is 110 cm³/mol. The zero-order valence-electron chi connectivity index (χ0n) is 16.7. The fourth-order valence-corrected chi connectivity index (χ4v) is 4.27. The third kappa shape index (κ3) is 4.55. The van der Waals surface area contributed by atoms with Crippen molar-refractivity contribution in [3.05, 3.63) is 70.0 Å². The summed E-state index contributed by atoms with van der Waals surface area (Å²) in [6.45, 7) is 3.22. The maximum Gasteiger partial charge on any atom is 0.256 e. The van der Waals surface area contributed by atoms with E-state index in [2.05, 4.69) is 4.90 Å². The molecule has 2 fully saturated rings. The van der Waals surface area contributed by atoms with Gasteiger partial charge >= 0.3 is 0 Å². The third-order valence-electron chi connectivity index (χ3n) is 5.90. The molecule has 9 heteroatoms. The predicted octanol–water partition coefficient (Wildman–Crippen LogP) is 3.43. The molecule has 31 heavy (non-hydrogen) atoms. The lowest BCUT2D eigenvalue weighted by Crippen LogP contribution is -2.52. The van der Waals surface area contributed by atoms with Gasteiger partial charge in [-0.2, -0.15) is 0 Å². The fourth-order valence-electron chi connectivity index (χ4n) is 4.15. The van der Waals surface area contributed by atoms with Crippen LogP contribution in [0.5, 0.6) is 0 Å². The van der Waals surface area contributed by atoms with Gasteiger partial charge in [0.15, 0.2) is 11.6 Å². The number of halogens is 4. The van der Waals surface area contributed by atoms with Gasteiger partial charge in [-0.3, -0.25) is 14.5 Å². The normalized spacial score (nSPS) is 19.7. The van der Waals surface area contributed by atoms with Crippen LogP contribution in [0.3, 0.4) is 0 Å². The van der Waals surface area contributed by atoms with Crippen LogP contribution in [0.4, 0.5) is 13.2 Å². The van der Waals surface area contributed by atoms with Crippen molar-refractivity contribution in [2.45, 2.75) is 12.5 Å². The Kier molecular flexibility index (Phi) is 6.20. The molecule has 1 atom stereocenters. The lowest BCUT2D eigenvalue weighted by Gasteiger charge is -2.38. The third-order valence-corrected chi connectivity index (χ3v) is 6.15. The molecule has 2 heterocycles. The number of rotatable bonds is 3. The molecule has 0 radical (unpaired) electrons. The molecule has 0 bridgehead atoms. The zero-order chi connectivity index (χ0) is 22.1. The van der Waals surface area contributed by atoms with Crippen molar-refractivity contribution < 1.29 is 22.8 Å². The lowest BCUT2D eigenvalue weighted by molar-refractivity contribution is 0.0568. The van der Waals surface area contributed by atoms with E-state index < -0.39 is 28.9 Å². The van der Waals surface area contributed by atoms with E-state index in [1.165, 1.54) is 4.90 Å². The molecule has 0 saturated carbocycles. The first-order chi connectivity index (χ1) is 14.8. The highest BCUT2D eigenvalue weighted by Gasteiger charge is 2.34. The summed E-state index contributed by atoms with van der Waals surface area (Å²) in [6.07, 6.45) is 0.697. The summed E-state index contributed by atoms with van der Waals surface area (Å²) in [5, 5.41) is 0.574. The first-order valence-corrected chi connectivity index (χ1v) is 10.4. The quantitative estimate of drug-likeness (QED) is 0.672. The van der Waals surface area contributed by atoms with Crippen LogP contribution in [0, 0.1) is 17.5 Å². The van der Waals surface area contributed by atoms with Gasteiger partial charge < -0.3 is 9.80 Å². The van der Waals surface area contributed by atoms with E-state index in [9.17, 15) is 22.8 Å². The average Bonchev–Trinajstić information content (AvgIpc) is 3.26. The van der Waals surface area contributed by atoms with Gasteiger partial charge in [-0.1, -0.05) is 11.6 Å². The maximum absolute atomic E-state index is 14.0. The first kappa shape index (κ1) is 21.6. The maximum atomic E-state index is 14.0. The minimum atomic E-state index is -1.32. The molecule has 0 aromatic heterocycles. The fraction of sp³-hybridized carbons (Fsp3) is 0.364. The SMILES string of the molecule is O=C(c1ccc(Cl)cc1)N1CCN([C@H]2CCN(C(=O)c3cc(F)c(F)cc3F)C2)CC1. The molecule has 164 valence electrons. The van der Waals surface area contributed by atoms with Gasteiger partial charge in [0.25, 0.3) is 11.8 Å². The smallest absolute Gasteiger partial charge is 0.256 e. The molecule has 2 amide bonds.